The highest BCUT2D eigenvalue weighted by Gasteiger charge is 2.36. The SMILES string of the molecule is CC(C)[C@H]1CCO[C@H]1C(=O)Nc1ccccc1C(=O)N(C)C1CCCCC1. The van der Waals surface area contributed by atoms with Crippen LogP contribution in [0, 0.1) is 11.8 Å². The maximum absolute atomic E-state index is 13.1. The standard InChI is InChI=1S/C22H32N2O3/c1-15(2)17-13-14-27-20(17)21(25)23-19-12-8-7-11-18(19)22(26)24(3)16-9-5-4-6-10-16/h7-8,11-12,15-17,20H,4-6,9-10,13-14H2,1-3H3,(H,23,25)/t17-,20-/m1/s1. The van der Waals surface area contributed by atoms with Crippen LogP contribution in [0.3, 0.4) is 0 Å². The van der Waals surface area contributed by atoms with Crippen molar-refractivity contribution in [1.82, 2.24) is 4.90 Å². The fourth-order valence-electron chi connectivity index (χ4n) is 4.37. The molecule has 1 aliphatic heterocycles. The monoisotopic (exact) mass is 372 g/mol. The van der Waals surface area contributed by atoms with Crippen molar-refractivity contribution in [1.29, 1.82) is 0 Å². The molecule has 1 saturated carbocycles. The Balaban J connectivity index is 1.73. The minimum atomic E-state index is -0.441. The summed E-state index contributed by atoms with van der Waals surface area (Å²) in [6.45, 7) is 4.86. The molecule has 1 aromatic rings. The van der Waals surface area contributed by atoms with Crippen molar-refractivity contribution < 1.29 is 14.3 Å². The number of hydrogen-bond acceptors (Lipinski definition) is 3. The van der Waals surface area contributed by atoms with Crippen LogP contribution in [-0.4, -0.2) is 42.5 Å². The zero-order valence-corrected chi connectivity index (χ0v) is 16.7. The van der Waals surface area contributed by atoms with E-state index in [0.717, 1.165) is 19.3 Å². The highest BCUT2D eigenvalue weighted by molar-refractivity contribution is 6.04. The summed E-state index contributed by atoms with van der Waals surface area (Å²) in [7, 11) is 1.88. The predicted molar refractivity (Wildman–Crippen MR) is 107 cm³/mol. The van der Waals surface area contributed by atoms with Crippen LogP contribution in [0.5, 0.6) is 0 Å². The predicted octanol–water partition coefficient (Wildman–Crippen LogP) is 4.09. The minimum absolute atomic E-state index is 0.0226. The van der Waals surface area contributed by atoms with Gasteiger partial charge in [0.2, 0.25) is 0 Å². The molecule has 0 unspecified atom stereocenters. The van der Waals surface area contributed by atoms with Gasteiger partial charge in [0, 0.05) is 19.7 Å². The first-order valence-electron chi connectivity index (χ1n) is 10.3. The number of rotatable bonds is 5. The lowest BCUT2D eigenvalue weighted by Crippen LogP contribution is -2.39. The smallest absolute Gasteiger partial charge is 0.255 e. The van der Waals surface area contributed by atoms with Gasteiger partial charge >= 0.3 is 0 Å². The number of benzene rings is 1. The molecule has 1 aromatic carbocycles. The van der Waals surface area contributed by atoms with Crippen LogP contribution >= 0.6 is 0 Å². The van der Waals surface area contributed by atoms with Crippen molar-refractivity contribution in [3.63, 3.8) is 0 Å². The second kappa shape index (κ2) is 8.87. The van der Waals surface area contributed by atoms with E-state index in [2.05, 4.69) is 19.2 Å². The largest absolute Gasteiger partial charge is 0.368 e. The molecule has 0 spiro atoms. The van der Waals surface area contributed by atoms with Crippen molar-refractivity contribution >= 4 is 17.5 Å². The van der Waals surface area contributed by atoms with E-state index in [0.29, 0.717) is 29.8 Å². The normalized spacial score (nSPS) is 23.4. The summed E-state index contributed by atoms with van der Waals surface area (Å²) >= 11 is 0. The first kappa shape index (κ1) is 19.9. The molecule has 1 aliphatic carbocycles. The van der Waals surface area contributed by atoms with E-state index < -0.39 is 6.10 Å². The molecule has 2 atom stereocenters. The van der Waals surface area contributed by atoms with Crippen LogP contribution in [0.1, 0.15) is 62.7 Å². The number of nitrogens with zero attached hydrogens (tertiary/aromatic N) is 1. The van der Waals surface area contributed by atoms with Gasteiger partial charge < -0.3 is 15.0 Å². The van der Waals surface area contributed by atoms with Crippen molar-refractivity contribution in [3.05, 3.63) is 29.8 Å². The quantitative estimate of drug-likeness (QED) is 0.847. The van der Waals surface area contributed by atoms with Crippen molar-refractivity contribution in [3.8, 4) is 0 Å². The lowest BCUT2D eigenvalue weighted by atomic mass is 9.89. The Kier molecular flexibility index (Phi) is 6.53. The first-order valence-corrected chi connectivity index (χ1v) is 10.3. The van der Waals surface area contributed by atoms with Crippen LogP contribution in [0.4, 0.5) is 5.69 Å². The molecule has 2 amide bonds. The average molecular weight is 373 g/mol. The minimum Gasteiger partial charge on any atom is -0.368 e. The van der Waals surface area contributed by atoms with Crippen LogP contribution in [0.15, 0.2) is 24.3 Å². The molecule has 148 valence electrons. The molecule has 2 fully saturated rings. The van der Waals surface area contributed by atoms with Crippen LogP contribution in [0.2, 0.25) is 0 Å². The molecule has 5 nitrogen and oxygen atoms in total. The Bertz CT molecular complexity index is 667. The number of nitrogens with one attached hydrogen (secondary N) is 1. The molecule has 3 rings (SSSR count). The second-order valence-electron chi connectivity index (χ2n) is 8.23. The maximum atomic E-state index is 13.1. The summed E-state index contributed by atoms with van der Waals surface area (Å²) < 4.78 is 5.70. The molecule has 0 bridgehead atoms. The molecule has 5 heteroatoms. The fourth-order valence-corrected chi connectivity index (χ4v) is 4.37. The zero-order valence-electron chi connectivity index (χ0n) is 16.7. The molecule has 1 N–H and O–H groups in total. The van der Waals surface area contributed by atoms with E-state index in [1.807, 2.05) is 24.1 Å². The van der Waals surface area contributed by atoms with E-state index in [4.69, 9.17) is 4.74 Å². The molecule has 2 aliphatic rings. The van der Waals surface area contributed by atoms with Crippen LogP contribution in [0.25, 0.3) is 0 Å². The van der Waals surface area contributed by atoms with E-state index in [9.17, 15) is 9.59 Å². The summed E-state index contributed by atoms with van der Waals surface area (Å²) in [6, 6.07) is 7.59. The Morgan fingerprint density at radius 3 is 2.52 bits per heavy atom. The summed E-state index contributed by atoms with van der Waals surface area (Å²) in [5, 5.41) is 2.96. The molecule has 1 saturated heterocycles. The topological polar surface area (TPSA) is 58.6 Å². The van der Waals surface area contributed by atoms with Crippen molar-refractivity contribution in [2.75, 3.05) is 19.0 Å². The molecule has 1 heterocycles. The Morgan fingerprint density at radius 2 is 1.81 bits per heavy atom. The van der Waals surface area contributed by atoms with Gasteiger partial charge in [0.25, 0.3) is 11.8 Å². The number of amides is 2. The number of hydrogen-bond donors (Lipinski definition) is 1. The lowest BCUT2D eigenvalue weighted by molar-refractivity contribution is -0.127. The lowest BCUT2D eigenvalue weighted by Gasteiger charge is -2.31. The third-order valence-electron chi connectivity index (χ3n) is 6.11. The Hall–Kier alpha value is -1.88. The summed E-state index contributed by atoms with van der Waals surface area (Å²) in [6.07, 6.45) is 6.19. The highest BCUT2D eigenvalue weighted by Crippen LogP contribution is 2.30. The number of carbonyl (C=O) groups is 2. The van der Waals surface area contributed by atoms with Crippen LogP contribution < -0.4 is 5.32 Å². The van der Waals surface area contributed by atoms with E-state index in [1.54, 1.807) is 12.1 Å². The highest BCUT2D eigenvalue weighted by atomic mass is 16.5. The number of carbonyl (C=O) groups excluding carboxylic acids is 2. The van der Waals surface area contributed by atoms with Crippen molar-refractivity contribution in [2.24, 2.45) is 11.8 Å². The van der Waals surface area contributed by atoms with Gasteiger partial charge in [-0.25, -0.2) is 0 Å². The van der Waals surface area contributed by atoms with Gasteiger partial charge in [0.1, 0.15) is 6.10 Å². The molecule has 27 heavy (non-hydrogen) atoms. The third-order valence-corrected chi connectivity index (χ3v) is 6.11. The summed E-state index contributed by atoms with van der Waals surface area (Å²) in [4.78, 5) is 27.8. The van der Waals surface area contributed by atoms with Gasteiger partial charge in [-0.1, -0.05) is 45.2 Å². The van der Waals surface area contributed by atoms with Gasteiger partial charge in [-0.3, -0.25) is 9.59 Å². The van der Waals surface area contributed by atoms with Gasteiger partial charge in [-0.15, -0.1) is 0 Å². The summed E-state index contributed by atoms with van der Waals surface area (Å²) in [5.41, 5.74) is 1.13. The first-order chi connectivity index (χ1) is 13.0. The second-order valence-corrected chi connectivity index (χ2v) is 8.23. The number of anilines is 1. The molecular weight excluding hydrogens is 340 g/mol. The maximum Gasteiger partial charge on any atom is 0.255 e. The summed E-state index contributed by atoms with van der Waals surface area (Å²) in [5.74, 6) is 0.438. The van der Waals surface area contributed by atoms with Crippen molar-refractivity contribution in [2.45, 2.75) is 64.5 Å². The molecule has 0 radical (unpaired) electrons. The third kappa shape index (κ3) is 4.52. The van der Waals surface area contributed by atoms with E-state index in [-0.39, 0.29) is 17.7 Å². The number of para-hydroxylation sites is 1. The number of ether oxygens (including phenoxy) is 1. The van der Waals surface area contributed by atoms with Crippen LogP contribution in [-0.2, 0) is 9.53 Å². The van der Waals surface area contributed by atoms with E-state index in [1.165, 1.54) is 19.3 Å². The molecular formula is C22H32N2O3. The van der Waals surface area contributed by atoms with Gasteiger partial charge in [-0.2, -0.15) is 0 Å². The fraction of sp³-hybridized carbons (Fsp3) is 0.636. The van der Waals surface area contributed by atoms with E-state index >= 15 is 0 Å². The van der Waals surface area contributed by atoms with Gasteiger partial charge in [-0.05, 0) is 43.2 Å². The van der Waals surface area contributed by atoms with Gasteiger partial charge in [0.15, 0.2) is 0 Å². The molecule has 0 aromatic heterocycles. The Morgan fingerprint density at radius 1 is 1.11 bits per heavy atom. The average Bonchev–Trinajstić information content (AvgIpc) is 3.18. The Labute approximate surface area is 162 Å². The zero-order chi connectivity index (χ0) is 19.4. The van der Waals surface area contributed by atoms with Gasteiger partial charge in [0.05, 0.1) is 11.3 Å².